The highest BCUT2D eigenvalue weighted by molar-refractivity contribution is 5.40. The summed E-state index contributed by atoms with van der Waals surface area (Å²) in [7, 11) is 0. The summed E-state index contributed by atoms with van der Waals surface area (Å²) in [5.74, 6) is 0. The van der Waals surface area contributed by atoms with Gasteiger partial charge in [-0.05, 0) is 48.6 Å². The van der Waals surface area contributed by atoms with Crippen LogP contribution in [0.2, 0.25) is 0 Å². The molecule has 0 fully saturated rings. The summed E-state index contributed by atoms with van der Waals surface area (Å²) in [5, 5.41) is 3.44. The van der Waals surface area contributed by atoms with Crippen LogP contribution in [0.3, 0.4) is 0 Å². The summed E-state index contributed by atoms with van der Waals surface area (Å²) in [6.45, 7) is 4.27. The van der Waals surface area contributed by atoms with Gasteiger partial charge < -0.3 is 5.32 Å². The maximum absolute atomic E-state index is 3.44. The molecule has 18 heavy (non-hydrogen) atoms. The molecule has 0 saturated carbocycles. The monoisotopic (exact) mass is 237 g/mol. The van der Waals surface area contributed by atoms with Gasteiger partial charge in [0, 0.05) is 6.54 Å². The van der Waals surface area contributed by atoms with E-state index in [4.69, 9.17) is 0 Å². The lowest BCUT2D eigenvalue weighted by molar-refractivity contribution is 0.640. The largest absolute Gasteiger partial charge is 0.312 e. The minimum absolute atomic E-state index is 1.02. The van der Waals surface area contributed by atoms with Gasteiger partial charge in [0.05, 0.1) is 0 Å². The van der Waals surface area contributed by atoms with E-state index < -0.39 is 0 Å². The molecule has 0 bridgehead atoms. The highest BCUT2D eigenvalue weighted by Gasteiger charge is 2.12. The van der Waals surface area contributed by atoms with Crippen molar-refractivity contribution in [1.29, 1.82) is 0 Å². The van der Waals surface area contributed by atoms with E-state index in [1.54, 1.807) is 5.56 Å². The summed E-state index contributed by atoms with van der Waals surface area (Å²) in [5.41, 5.74) is 7.28. The number of rotatable bonds is 2. The van der Waals surface area contributed by atoms with Gasteiger partial charge >= 0.3 is 0 Å². The summed E-state index contributed by atoms with van der Waals surface area (Å²) >= 11 is 0. The molecule has 1 heteroatoms. The van der Waals surface area contributed by atoms with Crippen molar-refractivity contribution in [1.82, 2.24) is 5.32 Å². The lowest BCUT2D eigenvalue weighted by Gasteiger charge is -2.20. The first-order valence-corrected chi connectivity index (χ1v) is 6.69. The van der Waals surface area contributed by atoms with Crippen LogP contribution in [0.5, 0.6) is 0 Å². The van der Waals surface area contributed by atoms with Crippen molar-refractivity contribution in [3.8, 4) is 0 Å². The fraction of sp³-hybridized carbons (Fsp3) is 0.294. The van der Waals surface area contributed by atoms with E-state index >= 15 is 0 Å². The second-order valence-electron chi connectivity index (χ2n) is 5.14. The van der Waals surface area contributed by atoms with Gasteiger partial charge in [-0.25, -0.2) is 0 Å². The van der Waals surface area contributed by atoms with Gasteiger partial charge in [-0.3, -0.25) is 0 Å². The molecular formula is C17H19N. The van der Waals surface area contributed by atoms with Crippen LogP contribution in [-0.2, 0) is 19.4 Å². The molecule has 0 saturated heterocycles. The molecular weight excluding hydrogens is 218 g/mol. The van der Waals surface area contributed by atoms with Crippen molar-refractivity contribution < 1.29 is 0 Å². The average Bonchev–Trinajstić information content (AvgIpc) is 2.42. The first kappa shape index (κ1) is 11.5. The van der Waals surface area contributed by atoms with E-state index in [0.717, 1.165) is 25.9 Å². The highest BCUT2D eigenvalue weighted by Crippen LogP contribution is 2.21. The van der Waals surface area contributed by atoms with Crippen LogP contribution in [0.15, 0.2) is 42.5 Å². The molecule has 0 atom stereocenters. The number of nitrogens with one attached hydrogen (secondary N) is 1. The van der Waals surface area contributed by atoms with Gasteiger partial charge in [0.2, 0.25) is 0 Å². The van der Waals surface area contributed by atoms with Gasteiger partial charge in [0.15, 0.2) is 0 Å². The molecule has 0 spiro atoms. The average molecular weight is 237 g/mol. The maximum atomic E-state index is 3.44. The highest BCUT2D eigenvalue weighted by atomic mass is 14.9. The Hall–Kier alpha value is -1.60. The molecule has 0 aliphatic carbocycles. The summed E-state index contributed by atoms with van der Waals surface area (Å²) < 4.78 is 0. The molecule has 0 radical (unpaired) electrons. The van der Waals surface area contributed by atoms with Crippen molar-refractivity contribution in [2.75, 3.05) is 6.54 Å². The second-order valence-corrected chi connectivity index (χ2v) is 5.14. The Morgan fingerprint density at radius 2 is 1.89 bits per heavy atom. The molecule has 1 aliphatic rings. The fourth-order valence-corrected chi connectivity index (χ4v) is 2.70. The third-order valence-electron chi connectivity index (χ3n) is 3.75. The Labute approximate surface area is 109 Å². The van der Waals surface area contributed by atoms with Crippen LogP contribution >= 0.6 is 0 Å². The van der Waals surface area contributed by atoms with Gasteiger partial charge in [-0.2, -0.15) is 0 Å². The summed E-state index contributed by atoms with van der Waals surface area (Å²) in [6.07, 6.45) is 2.22. The third kappa shape index (κ3) is 2.32. The minimum Gasteiger partial charge on any atom is -0.312 e. The van der Waals surface area contributed by atoms with Crippen molar-refractivity contribution >= 4 is 0 Å². The third-order valence-corrected chi connectivity index (χ3v) is 3.75. The van der Waals surface area contributed by atoms with Crippen LogP contribution < -0.4 is 5.32 Å². The van der Waals surface area contributed by atoms with Crippen LogP contribution in [0, 0.1) is 6.92 Å². The molecule has 1 N–H and O–H groups in total. The normalized spacial score (nSPS) is 14.3. The molecule has 1 heterocycles. The maximum Gasteiger partial charge on any atom is 0.0208 e. The Balaban J connectivity index is 1.90. The lowest BCUT2D eigenvalue weighted by Crippen LogP contribution is -2.24. The second kappa shape index (κ2) is 4.95. The predicted molar refractivity (Wildman–Crippen MR) is 75.8 cm³/mol. The first-order valence-electron chi connectivity index (χ1n) is 6.69. The van der Waals surface area contributed by atoms with Gasteiger partial charge in [-0.1, -0.05) is 48.0 Å². The molecule has 0 amide bonds. The van der Waals surface area contributed by atoms with Crippen LogP contribution in [0.4, 0.5) is 0 Å². The molecule has 92 valence electrons. The van der Waals surface area contributed by atoms with E-state index in [9.17, 15) is 0 Å². The summed E-state index contributed by atoms with van der Waals surface area (Å²) in [6, 6.07) is 15.6. The number of fused-ring (bicyclic) bond motifs is 1. The Kier molecular flexibility index (Phi) is 3.16. The zero-order valence-electron chi connectivity index (χ0n) is 10.9. The zero-order valence-corrected chi connectivity index (χ0v) is 10.9. The minimum atomic E-state index is 1.02. The number of hydrogen-bond donors (Lipinski definition) is 1. The molecule has 2 aromatic carbocycles. The molecule has 2 aromatic rings. The van der Waals surface area contributed by atoms with Crippen molar-refractivity contribution in [3.63, 3.8) is 0 Å². The van der Waals surface area contributed by atoms with E-state index in [1.807, 2.05) is 0 Å². The number of hydrogen-bond acceptors (Lipinski definition) is 1. The van der Waals surface area contributed by atoms with Gasteiger partial charge in [0.1, 0.15) is 0 Å². The van der Waals surface area contributed by atoms with E-state index in [-0.39, 0.29) is 0 Å². The molecule has 3 rings (SSSR count). The van der Waals surface area contributed by atoms with E-state index in [2.05, 4.69) is 54.7 Å². The lowest BCUT2D eigenvalue weighted by atomic mass is 9.92. The SMILES string of the molecule is Cc1ccc(Cc2cccc3c2CCNC3)cc1. The van der Waals surface area contributed by atoms with Gasteiger partial charge in [0.25, 0.3) is 0 Å². The zero-order chi connectivity index (χ0) is 12.4. The van der Waals surface area contributed by atoms with Gasteiger partial charge in [-0.15, -0.1) is 0 Å². The summed E-state index contributed by atoms with van der Waals surface area (Å²) in [4.78, 5) is 0. The van der Waals surface area contributed by atoms with E-state index in [1.165, 1.54) is 22.3 Å². The van der Waals surface area contributed by atoms with Crippen molar-refractivity contribution in [2.45, 2.75) is 26.3 Å². The topological polar surface area (TPSA) is 12.0 Å². The van der Waals surface area contributed by atoms with Crippen molar-refractivity contribution in [2.24, 2.45) is 0 Å². The van der Waals surface area contributed by atoms with E-state index in [0.29, 0.717) is 0 Å². The first-order chi connectivity index (χ1) is 8.83. The molecule has 1 aliphatic heterocycles. The predicted octanol–water partition coefficient (Wildman–Crippen LogP) is 3.23. The molecule has 0 aromatic heterocycles. The van der Waals surface area contributed by atoms with Crippen LogP contribution in [0.25, 0.3) is 0 Å². The Morgan fingerprint density at radius 1 is 1.06 bits per heavy atom. The number of aryl methyl sites for hydroxylation is 1. The quantitative estimate of drug-likeness (QED) is 0.845. The van der Waals surface area contributed by atoms with Crippen molar-refractivity contribution in [3.05, 3.63) is 70.3 Å². The molecule has 0 unspecified atom stereocenters. The standard InChI is InChI=1S/C17H19N/c1-13-5-7-14(8-6-13)11-15-3-2-4-16-12-18-10-9-17(15)16/h2-8,18H,9-12H2,1H3. The fourth-order valence-electron chi connectivity index (χ4n) is 2.70. The molecule has 1 nitrogen and oxygen atoms in total. The number of benzene rings is 2. The van der Waals surface area contributed by atoms with Crippen LogP contribution in [-0.4, -0.2) is 6.54 Å². The Bertz CT molecular complexity index is 540. The smallest absolute Gasteiger partial charge is 0.0208 e. The van der Waals surface area contributed by atoms with Crippen LogP contribution in [0.1, 0.15) is 27.8 Å². The Morgan fingerprint density at radius 3 is 2.72 bits per heavy atom.